The molecule has 0 aliphatic heterocycles. The third kappa shape index (κ3) is 10.4. The number of hydrogen-bond donors (Lipinski definition) is 2. The maximum Gasteiger partial charge on any atom is 0.105 e. The fourth-order valence-electron chi connectivity index (χ4n) is 2.85. The largest absolute Gasteiger partial charge is 0.390 e. The molecule has 0 saturated heterocycles. The standard InChI is InChI=1S/C20H40O2/c1-7-20(6,22)19(21)15-14-18(5)13-9-12-17(4)11-8-10-16(2)3/h7,16-19,21-22H,1,8-15H2,2-6H3/t17-,18-,19-,20+/m0/s1. The van der Waals surface area contributed by atoms with Crippen LogP contribution in [-0.4, -0.2) is 21.9 Å². The molecule has 4 atom stereocenters. The summed E-state index contributed by atoms with van der Waals surface area (Å²) < 4.78 is 0. The molecule has 0 spiro atoms. The minimum absolute atomic E-state index is 0.609. The van der Waals surface area contributed by atoms with E-state index in [2.05, 4.69) is 34.3 Å². The Labute approximate surface area is 139 Å². The number of hydrogen-bond acceptors (Lipinski definition) is 2. The number of aliphatic hydroxyl groups excluding tert-OH is 1. The normalized spacial score (nSPS) is 18.7. The molecule has 132 valence electrons. The van der Waals surface area contributed by atoms with Gasteiger partial charge in [0.1, 0.15) is 5.60 Å². The monoisotopic (exact) mass is 312 g/mol. The van der Waals surface area contributed by atoms with Gasteiger partial charge in [-0.15, -0.1) is 6.58 Å². The van der Waals surface area contributed by atoms with E-state index < -0.39 is 11.7 Å². The molecule has 0 amide bonds. The van der Waals surface area contributed by atoms with Crippen LogP contribution in [0.4, 0.5) is 0 Å². The SMILES string of the molecule is C=C[C@@](C)(O)[C@@H](O)CC[C@@H](C)CCC[C@@H](C)CCCC(C)C. The molecule has 0 aromatic rings. The lowest BCUT2D eigenvalue weighted by molar-refractivity contribution is -0.0323. The molecule has 0 aliphatic carbocycles. The highest BCUT2D eigenvalue weighted by atomic mass is 16.3. The van der Waals surface area contributed by atoms with Crippen LogP contribution in [0.3, 0.4) is 0 Å². The maximum atomic E-state index is 9.96. The molecule has 2 N–H and O–H groups in total. The Kier molecular flexibility index (Phi) is 11.1. The molecule has 2 heteroatoms. The fraction of sp³-hybridized carbons (Fsp3) is 0.900. The predicted octanol–water partition coefficient (Wildman–Crippen LogP) is 5.33. The summed E-state index contributed by atoms with van der Waals surface area (Å²) in [6.45, 7) is 14.4. The summed E-state index contributed by atoms with van der Waals surface area (Å²) in [7, 11) is 0. The quantitative estimate of drug-likeness (QED) is 0.451. The smallest absolute Gasteiger partial charge is 0.105 e. The van der Waals surface area contributed by atoms with Gasteiger partial charge in [0.15, 0.2) is 0 Å². The topological polar surface area (TPSA) is 40.5 Å². The average molecular weight is 313 g/mol. The number of rotatable bonds is 13. The molecular weight excluding hydrogens is 272 g/mol. The molecule has 0 heterocycles. The van der Waals surface area contributed by atoms with Crippen LogP contribution < -0.4 is 0 Å². The van der Waals surface area contributed by atoms with E-state index >= 15 is 0 Å². The van der Waals surface area contributed by atoms with Crippen molar-refractivity contribution in [3.05, 3.63) is 12.7 Å². The minimum Gasteiger partial charge on any atom is -0.390 e. The first kappa shape index (κ1) is 21.7. The second-order valence-corrected chi connectivity index (χ2v) is 7.99. The van der Waals surface area contributed by atoms with Crippen molar-refractivity contribution in [2.24, 2.45) is 17.8 Å². The van der Waals surface area contributed by atoms with Gasteiger partial charge in [-0.05, 0) is 37.5 Å². The van der Waals surface area contributed by atoms with Gasteiger partial charge in [0, 0.05) is 0 Å². The number of aliphatic hydroxyl groups is 2. The third-order valence-electron chi connectivity index (χ3n) is 4.89. The molecule has 0 aromatic carbocycles. The maximum absolute atomic E-state index is 9.96. The Hall–Kier alpha value is -0.340. The van der Waals surface area contributed by atoms with Crippen molar-refractivity contribution in [2.75, 3.05) is 0 Å². The molecule has 0 bridgehead atoms. The average Bonchev–Trinajstić information content (AvgIpc) is 2.44. The van der Waals surface area contributed by atoms with Crippen LogP contribution in [0.2, 0.25) is 0 Å². The van der Waals surface area contributed by atoms with Crippen LogP contribution in [0.5, 0.6) is 0 Å². The Balaban J connectivity index is 3.73. The molecule has 0 fully saturated rings. The highest BCUT2D eigenvalue weighted by Gasteiger charge is 2.26. The summed E-state index contributed by atoms with van der Waals surface area (Å²) in [5, 5.41) is 19.9. The van der Waals surface area contributed by atoms with Crippen molar-refractivity contribution < 1.29 is 10.2 Å². The summed E-state index contributed by atoms with van der Waals surface area (Å²) in [4.78, 5) is 0. The summed E-state index contributed by atoms with van der Waals surface area (Å²) in [6.07, 6.45) is 10.2. The van der Waals surface area contributed by atoms with Gasteiger partial charge in [0.05, 0.1) is 6.10 Å². The summed E-state index contributed by atoms with van der Waals surface area (Å²) in [5.74, 6) is 2.27. The van der Waals surface area contributed by atoms with Crippen LogP contribution in [0, 0.1) is 17.8 Å². The molecule has 0 aromatic heterocycles. The first-order valence-electron chi connectivity index (χ1n) is 9.23. The van der Waals surface area contributed by atoms with Gasteiger partial charge < -0.3 is 10.2 Å². The molecule has 2 nitrogen and oxygen atoms in total. The van der Waals surface area contributed by atoms with Crippen molar-refractivity contribution in [1.29, 1.82) is 0 Å². The Morgan fingerprint density at radius 1 is 0.864 bits per heavy atom. The lowest BCUT2D eigenvalue weighted by Gasteiger charge is -2.26. The second-order valence-electron chi connectivity index (χ2n) is 7.99. The first-order chi connectivity index (χ1) is 10.2. The van der Waals surface area contributed by atoms with Crippen LogP contribution in [0.25, 0.3) is 0 Å². The van der Waals surface area contributed by atoms with Gasteiger partial charge in [-0.25, -0.2) is 0 Å². The zero-order chi connectivity index (χ0) is 17.2. The van der Waals surface area contributed by atoms with E-state index in [0.717, 1.165) is 18.3 Å². The summed E-state index contributed by atoms with van der Waals surface area (Å²) >= 11 is 0. The highest BCUT2D eigenvalue weighted by Crippen LogP contribution is 2.23. The van der Waals surface area contributed by atoms with Crippen molar-refractivity contribution in [2.45, 2.75) is 97.7 Å². The van der Waals surface area contributed by atoms with E-state index in [1.54, 1.807) is 6.92 Å². The van der Waals surface area contributed by atoms with E-state index in [1.165, 1.54) is 44.6 Å². The molecule has 0 rings (SSSR count). The zero-order valence-electron chi connectivity index (χ0n) is 15.6. The van der Waals surface area contributed by atoms with E-state index in [9.17, 15) is 10.2 Å². The molecule has 0 aliphatic rings. The van der Waals surface area contributed by atoms with Gasteiger partial charge in [-0.3, -0.25) is 0 Å². The van der Waals surface area contributed by atoms with Crippen LogP contribution >= 0.6 is 0 Å². The van der Waals surface area contributed by atoms with E-state index in [1.807, 2.05) is 0 Å². The molecule has 0 radical (unpaired) electrons. The molecule has 0 unspecified atom stereocenters. The summed E-state index contributed by atoms with van der Waals surface area (Å²) in [6, 6.07) is 0. The van der Waals surface area contributed by atoms with Crippen LogP contribution in [0.15, 0.2) is 12.7 Å². The predicted molar refractivity (Wildman–Crippen MR) is 96.9 cm³/mol. The van der Waals surface area contributed by atoms with Crippen LogP contribution in [0.1, 0.15) is 86.0 Å². The zero-order valence-corrected chi connectivity index (χ0v) is 15.6. The Morgan fingerprint density at radius 2 is 1.32 bits per heavy atom. The Bertz CT molecular complexity index is 283. The third-order valence-corrected chi connectivity index (χ3v) is 4.89. The van der Waals surface area contributed by atoms with Gasteiger partial charge in [0.25, 0.3) is 0 Å². The summed E-state index contributed by atoms with van der Waals surface area (Å²) in [5.41, 5.74) is -1.16. The van der Waals surface area contributed by atoms with E-state index in [-0.39, 0.29) is 0 Å². The van der Waals surface area contributed by atoms with Crippen molar-refractivity contribution in [3.63, 3.8) is 0 Å². The molecule has 0 saturated carbocycles. The minimum atomic E-state index is -1.16. The van der Waals surface area contributed by atoms with Crippen molar-refractivity contribution in [1.82, 2.24) is 0 Å². The van der Waals surface area contributed by atoms with Gasteiger partial charge in [0.2, 0.25) is 0 Å². The van der Waals surface area contributed by atoms with E-state index in [4.69, 9.17) is 0 Å². The van der Waals surface area contributed by atoms with Gasteiger partial charge >= 0.3 is 0 Å². The molecular formula is C20H40O2. The second kappa shape index (κ2) is 11.2. The van der Waals surface area contributed by atoms with Gasteiger partial charge in [-0.2, -0.15) is 0 Å². The van der Waals surface area contributed by atoms with Gasteiger partial charge in [-0.1, -0.05) is 72.3 Å². The van der Waals surface area contributed by atoms with E-state index in [0.29, 0.717) is 12.3 Å². The fourth-order valence-corrected chi connectivity index (χ4v) is 2.85. The highest BCUT2D eigenvalue weighted by molar-refractivity contribution is 4.97. The molecule has 22 heavy (non-hydrogen) atoms. The van der Waals surface area contributed by atoms with Crippen molar-refractivity contribution >= 4 is 0 Å². The lowest BCUT2D eigenvalue weighted by atomic mass is 9.89. The lowest BCUT2D eigenvalue weighted by Crippen LogP contribution is -2.37. The first-order valence-corrected chi connectivity index (χ1v) is 9.23. The van der Waals surface area contributed by atoms with Crippen molar-refractivity contribution in [3.8, 4) is 0 Å². The Morgan fingerprint density at radius 3 is 1.77 bits per heavy atom. The van der Waals surface area contributed by atoms with Crippen LogP contribution in [-0.2, 0) is 0 Å².